The summed E-state index contributed by atoms with van der Waals surface area (Å²) < 4.78 is 0. The van der Waals surface area contributed by atoms with Crippen molar-refractivity contribution in [3.8, 4) is 94.7 Å². The summed E-state index contributed by atoms with van der Waals surface area (Å²) in [6.45, 7) is 0. The van der Waals surface area contributed by atoms with E-state index in [1.54, 1.807) is 0 Å². The molecular weight excluding hydrogens is 1150 g/mol. The fourth-order valence-corrected chi connectivity index (χ4v) is 19.0. The molecule has 4 bridgehead atoms. The lowest BCUT2D eigenvalue weighted by atomic mass is 9.46. The van der Waals surface area contributed by atoms with E-state index in [9.17, 15) is 0 Å². The van der Waals surface area contributed by atoms with Crippen molar-refractivity contribution in [2.45, 2.75) is 77.0 Å². The van der Waals surface area contributed by atoms with Crippen LogP contribution < -0.4 is 0 Å². The molecule has 2 aromatic rings. The van der Waals surface area contributed by atoms with Gasteiger partial charge < -0.3 is 0 Å². The van der Waals surface area contributed by atoms with Crippen molar-refractivity contribution < 1.29 is 0 Å². The molecule has 384 valence electrons. The Morgan fingerprint density at radius 3 is 0.525 bits per heavy atom. The molecule has 80 heavy (non-hydrogen) atoms. The second-order valence-electron chi connectivity index (χ2n) is 23.1. The minimum atomic E-state index is -0.329. The summed E-state index contributed by atoms with van der Waals surface area (Å²) in [5.74, 6) is 54.6. The molecule has 16 aliphatic rings. The van der Waals surface area contributed by atoms with Gasteiger partial charge in [0.1, 0.15) is 0 Å². The SMILES string of the molecule is Clc1c(Cl)c2c(Cl)c(Cl)c1C#CC1=C(C#CC#CC3=C(C#Cc4c(Cl)c(Cl)c(c(Cl)c4Cl)C#CC4=C(C#CC#CC5=C(C#C2)C26C=CC=CC52CCC6)C25C=CC=CC42CCC5)C24C=CC=CC32CCC4)C23C=CC=CC12CCC3. The van der Waals surface area contributed by atoms with Crippen molar-refractivity contribution in [3.05, 3.63) is 204 Å². The number of hydrogen-bond acceptors (Lipinski definition) is 0. The van der Waals surface area contributed by atoms with Gasteiger partial charge in [0.2, 0.25) is 0 Å². The van der Waals surface area contributed by atoms with Crippen molar-refractivity contribution in [1.82, 2.24) is 0 Å². The summed E-state index contributed by atoms with van der Waals surface area (Å²) in [5.41, 5.74) is 6.16. The molecule has 0 radical (unpaired) electrons. The van der Waals surface area contributed by atoms with Crippen LogP contribution in [-0.2, 0) is 0 Å². The van der Waals surface area contributed by atoms with Gasteiger partial charge in [0.05, 0.1) is 62.4 Å². The van der Waals surface area contributed by atoms with E-state index in [0.717, 1.165) is 122 Å². The van der Waals surface area contributed by atoms with Crippen LogP contribution in [0.5, 0.6) is 0 Å². The Morgan fingerprint density at radius 1 is 0.212 bits per heavy atom. The maximum absolute atomic E-state index is 7.18. The van der Waals surface area contributed by atoms with Gasteiger partial charge in [-0.3, -0.25) is 0 Å². The first-order valence-corrected chi connectivity index (χ1v) is 30.2. The smallest absolute Gasteiger partial charge is 0.0777 e. The summed E-state index contributed by atoms with van der Waals surface area (Å²) in [6, 6.07) is 0. The Bertz CT molecular complexity index is 3810. The van der Waals surface area contributed by atoms with Crippen LogP contribution in [0, 0.1) is 138 Å². The molecule has 0 amide bonds. The highest BCUT2D eigenvalue weighted by atomic mass is 35.5. The highest BCUT2D eigenvalue weighted by molar-refractivity contribution is 6.50. The summed E-state index contributed by atoms with van der Waals surface area (Å²) in [6.07, 6.45) is 46.5. The van der Waals surface area contributed by atoms with Gasteiger partial charge in [-0.05, 0) is 75.0 Å². The molecule has 2 aromatic carbocycles. The van der Waals surface area contributed by atoms with Crippen LogP contribution in [0.3, 0.4) is 0 Å². The molecule has 16 aliphatic carbocycles. The minimum Gasteiger partial charge on any atom is -0.0812 e. The van der Waals surface area contributed by atoms with Gasteiger partial charge in [0.25, 0.3) is 0 Å². The van der Waals surface area contributed by atoms with E-state index in [4.69, 9.17) is 92.8 Å². The van der Waals surface area contributed by atoms with E-state index in [1.807, 2.05) is 0 Å². The van der Waals surface area contributed by atoms with Crippen LogP contribution in [0.1, 0.15) is 99.3 Å². The van der Waals surface area contributed by atoms with Crippen molar-refractivity contribution in [1.29, 1.82) is 0 Å². The Morgan fingerprint density at radius 2 is 0.362 bits per heavy atom. The summed E-state index contributed by atoms with van der Waals surface area (Å²) in [5, 5.41) is 1.45. The zero-order valence-corrected chi connectivity index (χ0v) is 48.8. The molecule has 4 fully saturated rings. The highest BCUT2D eigenvalue weighted by Crippen LogP contribution is 2.75. The van der Waals surface area contributed by atoms with Crippen LogP contribution in [0.25, 0.3) is 0 Å². The third-order valence-electron chi connectivity index (χ3n) is 20.5. The van der Waals surface area contributed by atoms with Crippen LogP contribution in [0.4, 0.5) is 0 Å². The normalized spacial score (nSPS) is 34.2. The maximum Gasteiger partial charge on any atom is 0.0777 e. The third kappa shape index (κ3) is 6.12. The maximum atomic E-state index is 7.18. The van der Waals surface area contributed by atoms with Gasteiger partial charge in [0, 0.05) is 87.9 Å². The molecule has 0 aliphatic heterocycles. The highest BCUT2D eigenvalue weighted by Gasteiger charge is 2.68. The zero-order valence-electron chi connectivity index (χ0n) is 42.7. The first-order chi connectivity index (χ1) is 38.8. The predicted molar refractivity (Wildman–Crippen MR) is 328 cm³/mol. The van der Waals surface area contributed by atoms with Gasteiger partial charge in [0.15, 0.2) is 0 Å². The number of rotatable bonds is 0. The number of halogens is 8. The molecule has 8 unspecified atom stereocenters. The molecule has 0 nitrogen and oxygen atoms in total. The van der Waals surface area contributed by atoms with E-state index >= 15 is 0 Å². The van der Waals surface area contributed by atoms with E-state index in [1.165, 1.54) is 0 Å². The van der Waals surface area contributed by atoms with Crippen molar-refractivity contribution in [3.63, 3.8) is 0 Å². The van der Waals surface area contributed by atoms with Gasteiger partial charge in [-0.15, -0.1) is 0 Å². The second-order valence-corrected chi connectivity index (χ2v) is 26.1. The van der Waals surface area contributed by atoms with Gasteiger partial charge in [-0.25, -0.2) is 0 Å². The number of benzene rings is 2. The summed E-state index contributed by atoms with van der Waals surface area (Å²) >= 11 is 57.5. The Kier molecular flexibility index (Phi) is 11.4. The van der Waals surface area contributed by atoms with Crippen molar-refractivity contribution in [2.75, 3.05) is 0 Å². The first-order valence-electron chi connectivity index (χ1n) is 27.1. The topological polar surface area (TPSA) is 0 Å². The van der Waals surface area contributed by atoms with E-state index in [-0.39, 0.29) is 83.5 Å². The lowest BCUT2D eigenvalue weighted by molar-refractivity contribution is 0.232. The predicted octanol–water partition coefficient (Wildman–Crippen LogP) is 18.4. The molecule has 0 saturated heterocycles. The van der Waals surface area contributed by atoms with Crippen molar-refractivity contribution in [2.24, 2.45) is 43.3 Å². The standard InChI is InChI=1S/C72H40Cl8/c73-57-45-21-25-53-49(65-29-5-9-33-69(53,65)41-13-37-65)17-1-2-18-50-54(70-34-10-6-30-66(50,70)38-14-42-70)26-22-46-59(75)63(79)48(64(80)60(46)76)24-28-56-52(68-32-8-12-36-72(56,68)44-16-40-68)20-4-3-19-51-55(27-23-47(61(57)77)62(78)58(45)74)71-35-11-7-31-67(51,71)39-15-43-71/h5-12,29-36H,13-16,37-44H2. The fourth-order valence-electron chi connectivity index (χ4n) is 16.9. The first kappa shape index (κ1) is 51.0. The third-order valence-corrected chi connectivity index (χ3v) is 23.9. The molecule has 0 N–H and O–H groups in total. The largest absolute Gasteiger partial charge is 0.0812 e. The quantitative estimate of drug-likeness (QED) is 0.182. The lowest BCUT2D eigenvalue weighted by Crippen LogP contribution is -2.48. The van der Waals surface area contributed by atoms with Gasteiger partial charge >= 0.3 is 0 Å². The minimum absolute atomic E-state index is 0.181. The van der Waals surface area contributed by atoms with E-state index in [0.29, 0.717) is 22.3 Å². The molecule has 8 atom stereocenters. The molecule has 18 rings (SSSR count). The Labute approximate surface area is 507 Å². The van der Waals surface area contributed by atoms with E-state index < -0.39 is 0 Å². The average Bonchev–Trinajstić information content (AvgIpc) is 3.83. The second kappa shape index (κ2) is 17.8. The van der Waals surface area contributed by atoms with Crippen LogP contribution in [0.15, 0.2) is 142 Å². The molecule has 4 saturated carbocycles. The molecule has 0 spiro atoms. The van der Waals surface area contributed by atoms with Crippen LogP contribution in [0.2, 0.25) is 40.2 Å². The Hall–Kier alpha value is -5.88. The van der Waals surface area contributed by atoms with Crippen molar-refractivity contribution >= 4 is 92.8 Å². The number of allylic oxidation sites excluding steroid dienone is 24. The zero-order chi connectivity index (χ0) is 54.7. The average molecular weight is 1190 g/mol. The molecule has 0 heterocycles. The molecular formula is C72H40Cl8. The van der Waals surface area contributed by atoms with Gasteiger partial charge in [-0.1, -0.05) is 287 Å². The van der Waals surface area contributed by atoms with Crippen LogP contribution in [-0.4, -0.2) is 0 Å². The lowest BCUT2D eigenvalue weighted by Gasteiger charge is -2.54. The van der Waals surface area contributed by atoms with Gasteiger partial charge in [-0.2, -0.15) is 0 Å². The monoisotopic (exact) mass is 1180 g/mol. The molecule has 0 aromatic heterocycles. The van der Waals surface area contributed by atoms with E-state index in [2.05, 4.69) is 192 Å². The molecule has 8 heteroatoms. The summed E-state index contributed by atoms with van der Waals surface area (Å²) in [4.78, 5) is 0. The van der Waals surface area contributed by atoms with Crippen LogP contribution >= 0.6 is 92.8 Å². The Balaban J connectivity index is 0.941. The summed E-state index contributed by atoms with van der Waals surface area (Å²) in [7, 11) is 0. The fraction of sp³-hybridized carbons (Fsp3) is 0.278. The number of hydrogen-bond donors (Lipinski definition) is 0.